The highest BCUT2D eigenvalue weighted by atomic mass is 32.2. The summed E-state index contributed by atoms with van der Waals surface area (Å²) in [7, 11) is 0. The largest absolute Gasteiger partial charge is 0.480 e. The molecule has 1 fully saturated rings. The molecule has 2 N–H and O–H groups in total. The highest BCUT2D eigenvalue weighted by Crippen LogP contribution is 2.31. The summed E-state index contributed by atoms with van der Waals surface area (Å²) in [5, 5.41) is 10.3. The van der Waals surface area contributed by atoms with E-state index in [2.05, 4.69) is 5.32 Å². The van der Waals surface area contributed by atoms with Gasteiger partial charge in [0, 0.05) is 6.08 Å². The zero-order valence-electron chi connectivity index (χ0n) is 11.4. The van der Waals surface area contributed by atoms with Gasteiger partial charge in [-0.25, -0.2) is 0 Å². The number of aliphatic carboxylic acids is 1. The molecule has 0 spiro atoms. The summed E-state index contributed by atoms with van der Waals surface area (Å²) in [6.07, 6.45) is 2.83. The smallest absolute Gasteiger partial charge is 0.325 e. The molecule has 0 aliphatic carbocycles. The van der Waals surface area contributed by atoms with Crippen LogP contribution in [-0.4, -0.2) is 45.6 Å². The second-order valence-electron chi connectivity index (χ2n) is 4.41. The van der Waals surface area contributed by atoms with Crippen molar-refractivity contribution < 1.29 is 28.7 Å². The van der Waals surface area contributed by atoms with Gasteiger partial charge < -0.3 is 14.8 Å². The lowest BCUT2D eigenvalue weighted by molar-refractivity contribution is -0.141. The van der Waals surface area contributed by atoms with Crippen LogP contribution in [0.3, 0.4) is 0 Å². The Balaban J connectivity index is 2.03. The Hall–Kier alpha value is -2.55. The van der Waals surface area contributed by atoms with Crippen molar-refractivity contribution in [1.29, 1.82) is 0 Å². The van der Waals surface area contributed by atoms with Crippen molar-refractivity contribution in [2.75, 3.05) is 6.54 Å². The Morgan fingerprint density at radius 2 is 2.23 bits per heavy atom. The van der Waals surface area contributed by atoms with E-state index in [1.807, 2.05) is 0 Å². The monoisotopic (exact) mass is 324 g/mol. The van der Waals surface area contributed by atoms with Gasteiger partial charge in [-0.05, 0) is 30.8 Å². The van der Waals surface area contributed by atoms with E-state index in [0.717, 1.165) is 4.90 Å². The van der Waals surface area contributed by atoms with Crippen molar-refractivity contribution in [2.45, 2.75) is 13.0 Å². The van der Waals surface area contributed by atoms with Gasteiger partial charge in [0.2, 0.25) is 5.91 Å². The molecule has 1 atom stereocenters. The van der Waals surface area contributed by atoms with Gasteiger partial charge in [-0.15, -0.1) is 0 Å². The molecule has 0 radical (unpaired) electrons. The third-order valence-corrected chi connectivity index (χ3v) is 3.65. The van der Waals surface area contributed by atoms with Gasteiger partial charge >= 0.3 is 5.97 Å². The van der Waals surface area contributed by atoms with Gasteiger partial charge in [0.05, 0.1) is 11.2 Å². The number of nitrogens with one attached hydrogen (secondary N) is 1. The second kappa shape index (κ2) is 6.48. The number of nitrogens with zero attached hydrogens (tertiary/aromatic N) is 1. The molecular weight excluding hydrogens is 312 g/mol. The molecule has 1 aromatic rings. The van der Waals surface area contributed by atoms with E-state index in [-0.39, 0.29) is 4.91 Å². The molecule has 22 heavy (non-hydrogen) atoms. The van der Waals surface area contributed by atoms with Crippen molar-refractivity contribution in [3.8, 4) is 0 Å². The number of carbonyl (C=O) groups is 4. The average molecular weight is 324 g/mol. The molecule has 1 aliphatic heterocycles. The molecule has 1 saturated heterocycles. The van der Waals surface area contributed by atoms with E-state index in [1.165, 1.54) is 19.3 Å². The molecule has 0 bridgehead atoms. The lowest BCUT2D eigenvalue weighted by Gasteiger charge is -2.14. The maximum Gasteiger partial charge on any atom is 0.325 e. The summed E-state index contributed by atoms with van der Waals surface area (Å²) in [4.78, 5) is 47.1. The second-order valence-corrected chi connectivity index (χ2v) is 5.40. The van der Waals surface area contributed by atoms with Gasteiger partial charge in [0.15, 0.2) is 0 Å². The van der Waals surface area contributed by atoms with Crippen LogP contribution in [0.1, 0.15) is 12.7 Å². The SMILES string of the molecule is CC(NC(=O)CN1C(=O)S/C(=C\c2ccco2)C1=O)C(=O)O. The van der Waals surface area contributed by atoms with Gasteiger partial charge in [0.25, 0.3) is 11.1 Å². The number of imide groups is 1. The van der Waals surface area contributed by atoms with E-state index >= 15 is 0 Å². The third kappa shape index (κ3) is 3.55. The Labute approximate surface area is 129 Å². The van der Waals surface area contributed by atoms with Crippen LogP contribution in [0.5, 0.6) is 0 Å². The summed E-state index contributed by atoms with van der Waals surface area (Å²) < 4.78 is 5.06. The third-order valence-electron chi connectivity index (χ3n) is 2.74. The molecular formula is C13H12N2O6S. The van der Waals surface area contributed by atoms with Crippen LogP contribution in [0.15, 0.2) is 27.7 Å². The van der Waals surface area contributed by atoms with Crippen molar-refractivity contribution >= 4 is 40.9 Å². The van der Waals surface area contributed by atoms with Crippen molar-refractivity contribution in [1.82, 2.24) is 10.2 Å². The Bertz CT molecular complexity index is 651. The number of rotatable bonds is 5. The van der Waals surface area contributed by atoms with Crippen LogP contribution in [0.2, 0.25) is 0 Å². The normalized spacial score (nSPS) is 17.9. The van der Waals surface area contributed by atoms with Gasteiger partial charge in [0.1, 0.15) is 18.3 Å². The number of carbonyl (C=O) groups excluding carboxylic acids is 3. The molecule has 8 nitrogen and oxygen atoms in total. The molecule has 0 aromatic carbocycles. The first-order valence-corrected chi connectivity index (χ1v) is 7.01. The number of carboxylic acid groups (broad SMARTS) is 1. The van der Waals surface area contributed by atoms with E-state index in [1.54, 1.807) is 12.1 Å². The van der Waals surface area contributed by atoms with Gasteiger partial charge in [-0.1, -0.05) is 0 Å². The molecule has 0 saturated carbocycles. The highest BCUT2D eigenvalue weighted by molar-refractivity contribution is 8.18. The molecule has 1 aliphatic rings. The minimum atomic E-state index is -1.21. The summed E-state index contributed by atoms with van der Waals surface area (Å²) >= 11 is 0.689. The fourth-order valence-corrected chi connectivity index (χ4v) is 2.45. The quantitative estimate of drug-likeness (QED) is 0.773. The minimum Gasteiger partial charge on any atom is -0.480 e. The first-order chi connectivity index (χ1) is 10.4. The number of thioether (sulfide) groups is 1. The molecule has 116 valence electrons. The van der Waals surface area contributed by atoms with Crippen LogP contribution in [0, 0.1) is 0 Å². The molecule has 2 heterocycles. The number of hydrogen-bond donors (Lipinski definition) is 2. The molecule has 2 rings (SSSR count). The van der Waals surface area contributed by atoms with Crippen LogP contribution in [0.4, 0.5) is 4.79 Å². The standard InChI is InChI=1S/C13H12N2O6S/c1-7(12(18)19)14-10(16)6-15-11(17)9(22-13(15)20)5-8-3-2-4-21-8/h2-5,7H,6H2,1H3,(H,14,16)(H,18,19)/b9-5-. The Morgan fingerprint density at radius 1 is 1.50 bits per heavy atom. The van der Waals surface area contributed by atoms with Crippen LogP contribution in [0.25, 0.3) is 6.08 Å². The zero-order chi connectivity index (χ0) is 16.3. The molecule has 1 unspecified atom stereocenters. The molecule has 9 heteroatoms. The van der Waals surface area contributed by atoms with Crippen LogP contribution >= 0.6 is 11.8 Å². The Morgan fingerprint density at radius 3 is 2.82 bits per heavy atom. The first-order valence-electron chi connectivity index (χ1n) is 6.19. The van der Waals surface area contributed by atoms with E-state index in [9.17, 15) is 19.2 Å². The van der Waals surface area contributed by atoms with Gasteiger partial charge in [-0.2, -0.15) is 0 Å². The Kier molecular flexibility index (Phi) is 4.66. The topological polar surface area (TPSA) is 117 Å². The van der Waals surface area contributed by atoms with Crippen LogP contribution < -0.4 is 5.32 Å². The van der Waals surface area contributed by atoms with Crippen LogP contribution in [-0.2, 0) is 14.4 Å². The van der Waals surface area contributed by atoms with E-state index < -0.39 is 35.6 Å². The summed E-state index contributed by atoms with van der Waals surface area (Å²) in [6, 6.07) is 2.15. The zero-order valence-corrected chi connectivity index (χ0v) is 12.3. The summed E-state index contributed by atoms with van der Waals surface area (Å²) in [5.74, 6) is -2.14. The lowest BCUT2D eigenvalue weighted by Crippen LogP contribution is -2.45. The fourth-order valence-electron chi connectivity index (χ4n) is 1.63. The maximum absolute atomic E-state index is 12.1. The van der Waals surface area contributed by atoms with E-state index in [4.69, 9.17) is 9.52 Å². The van der Waals surface area contributed by atoms with Gasteiger partial charge in [-0.3, -0.25) is 24.1 Å². The number of hydrogen-bond acceptors (Lipinski definition) is 6. The number of furan rings is 1. The van der Waals surface area contributed by atoms with E-state index in [0.29, 0.717) is 17.5 Å². The van der Waals surface area contributed by atoms with Crippen molar-refractivity contribution in [3.63, 3.8) is 0 Å². The lowest BCUT2D eigenvalue weighted by atomic mass is 10.3. The summed E-state index contributed by atoms with van der Waals surface area (Å²) in [5.41, 5.74) is 0. The first kappa shape index (κ1) is 15.8. The number of carboxylic acids is 1. The number of amides is 3. The maximum atomic E-state index is 12.1. The average Bonchev–Trinajstić information content (AvgIpc) is 3.03. The molecule has 1 aromatic heterocycles. The van der Waals surface area contributed by atoms with Crippen molar-refractivity contribution in [3.05, 3.63) is 29.1 Å². The minimum absolute atomic E-state index is 0.138. The fraction of sp³-hybridized carbons (Fsp3) is 0.231. The predicted molar refractivity (Wildman–Crippen MR) is 76.6 cm³/mol. The van der Waals surface area contributed by atoms with Crippen molar-refractivity contribution in [2.24, 2.45) is 0 Å². The summed E-state index contributed by atoms with van der Waals surface area (Å²) in [6.45, 7) is 0.753. The predicted octanol–water partition coefficient (Wildman–Crippen LogP) is 0.905. The molecule has 3 amide bonds. The highest BCUT2D eigenvalue weighted by Gasteiger charge is 2.36.